The van der Waals surface area contributed by atoms with Crippen LogP contribution in [0.2, 0.25) is 0 Å². The lowest BCUT2D eigenvalue weighted by atomic mass is 9.95. The summed E-state index contributed by atoms with van der Waals surface area (Å²) in [5, 5.41) is 15.9. The van der Waals surface area contributed by atoms with E-state index >= 15 is 0 Å². The van der Waals surface area contributed by atoms with E-state index in [-0.39, 0.29) is 18.6 Å². The number of pyridine rings is 1. The van der Waals surface area contributed by atoms with Crippen molar-refractivity contribution in [3.63, 3.8) is 0 Å². The van der Waals surface area contributed by atoms with Gasteiger partial charge in [0.2, 0.25) is 0 Å². The van der Waals surface area contributed by atoms with Crippen LogP contribution < -0.4 is 0 Å². The number of rotatable bonds is 4. The molecule has 0 radical (unpaired) electrons. The Bertz CT molecular complexity index is 971. The summed E-state index contributed by atoms with van der Waals surface area (Å²) in [4.78, 5) is 17.3. The molecule has 0 saturated carbocycles. The van der Waals surface area contributed by atoms with E-state index < -0.39 is 0 Å². The maximum Gasteiger partial charge on any atom is 0.274 e. The fraction of sp³-hybridized carbons (Fsp3) is 0.136. The van der Waals surface area contributed by atoms with Crippen LogP contribution in [0.25, 0.3) is 0 Å². The van der Waals surface area contributed by atoms with E-state index in [1.54, 1.807) is 24.5 Å². The Balaban J connectivity index is 1.76. The molecule has 1 N–H and O–H groups in total. The number of aromatic nitrogens is 1. The highest BCUT2D eigenvalue weighted by molar-refractivity contribution is 6.04. The quantitative estimate of drug-likeness (QED) is 0.776. The SMILES string of the molecule is O=C(c1ccccc1)N1N=C(c2cccnc2)CC1c1ccccc1CO. The van der Waals surface area contributed by atoms with Crippen molar-refractivity contribution < 1.29 is 9.90 Å². The van der Waals surface area contributed by atoms with Crippen molar-refractivity contribution >= 4 is 11.6 Å². The fourth-order valence-electron chi connectivity index (χ4n) is 3.36. The van der Waals surface area contributed by atoms with Gasteiger partial charge < -0.3 is 5.11 Å². The minimum absolute atomic E-state index is 0.0811. The molecular formula is C22H19N3O2. The molecule has 1 aliphatic rings. The molecule has 1 unspecified atom stereocenters. The van der Waals surface area contributed by atoms with E-state index in [4.69, 9.17) is 0 Å². The molecule has 0 fully saturated rings. The molecule has 2 aromatic carbocycles. The van der Waals surface area contributed by atoms with Gasteiger partial charge in [0.25, 0.3) is 5.91 Å². The van der Waals surface area contributed by atoms with E-state index in [0.29, 0.717) is 12.0 Å². The van der Waals surface area contributed by atoms with Crippen molar-refractivity contribution in [2.45, 2.75) is 19.1 Å². The number of hydrogen-bond donors (Lipinski definition) is 1. The topological polar surface area (TPSA) is 65.8 Å². The highest BCUT2D eigenvalue weighted by Crippen LogP contribution is 2.35. The highest BCUT2D eigenvalue weighted by atomic mass is 16.3. The Hall–Kier alpha value is -3.31. The van der Waals surface area contributed by atoms with Crippen LogP contribution in [0.3, 0.4) is 0 Å². The van der Waals surface area contributed by atoms with Gasteiger partial charge in [-0.15, -0.1) is 0 Å². The first kappa shape index (κ1) is 17.1. The van der Waals surface area contributed by atoms with Gasteiger partial charge >= 0.3 is 0 Å². The van der Waals surface area contributed by atoms with Crippen LogP contribution in [-0.4, -0.2) is 26.7 Å². The van der Waals surface area contributed by atoms with Crippen LogP contribution in [0.4, 0.5) is 0 Å². The molecule has 4 rings (SSSR count). The van der Waals surface area contributed by atoms with E-state index in [0.717, 1.165) is 22.4 Å². The third kappa shape index (κ3) is 3.37. The smallest absolute Gasteiger partial charge is 0.274 e. The molecule has 0 aliphatic carbocycles. The van der Waals surface area contributed by atoms with Crippen LogP contribution in [0.15, 0.2) is 84.2 Å². The van der Waals surface area contributed by atoms with Crippen molar-refractivity contribution in [3.05, 3.63) is 101 Å². The molecule has 1 amide bonds. The van der Waals surface area contributed by atoms with Crippen molar-refractivity contribution in [2.24, 2.45) is 5.10 Å². The zero-order valence-electron chi connectivity index (χ0n) is 14.7. The van der Waals surface area contributed by atoms with E-state index in [1.165, 1.54) is 5.01 Å². The van der Waals surface area contributed by atoms with E-state index in [1.807, 2.05) is 54.6 Å². The summed E-state index contributed by atoms with van der Waals surface area (Å²) in [7, 11) is 0. The molecule has 134 valence electrons. The molecular weight excluding hydrogens is 338 g/mol. The summed E-state index contributed by atoms with van der Waals surface area (Å²) in [6.45, 7) is -0.0811. The third-order valence-corrected chi connectivity index (χ3v) is 4.72. The Kier molecular flexibility index (Phi) is 4.77. The maximum atomic E-state index is 13.1. The van der Waals surface area contributed by atoms with E-state index in [2.05, 4.69) is 10.1 Å². The highest BCUT2D eigenvalue weighted by Gasteiger charge is 2.34. The summed E-state index contributed by atoms with van der Waals surface area (Å²) in [6.07, 6.45) is 4.04. The van der Waals surface area contributed by atoms with Gasteiger partial charge in [-0.1, -0.05) is 48.5 Å². The second-order valence-electron chi connectivity index (χ2n) is 6.38. The average molecular weight is 357 g/mol. The zero-order chi connectivity index (χ0) is 18.6. The summed E-state index contributed by atoms with van der Waals surface area (Å²) < 4.78 is 0. The zero-order valence-corrected chi connectivity index (χ0v) is 14.7. The van der Waals surface area contributed by atoms with Crippen LogP contribution in [0.1, 0.15) is 39.5 Å². The van der Waals surface area contributed by atoms with Crippen molar-refractivity contribution in [1.29, 1.82) is 0 Å². The fourth-order valence-corrected chi connectivity index (χ4v) is 3.36. The molecule has 0 spiro atoms. The molecule has 3 aromatic rings. The number of hydrogen-bond acceptors (Lipinski definition) is 4. The number of nitrogens with zero attached hydrogens (tertiary/aromatic N) is 3. The first-order valence-corrected chi connectivity index (χ1v) is 8.83. The first-order valence-electron chi connectivity index (χ1n) is 8.83. The van der Waals surface area contributed by atoms with Crippen molar-refractivity contribution in [3.8, 4) is 0 Å². The van der Waals surface area contributed by atoms with Gasteiger partial charge in [0.1, 0.15) is 0 Å². The summed E-state index contributed by atoms with van der Waals surface area (Å²) >= 11 is 0. The lowest BCUT2D eigenvalue weighted by Gasteiger charge is -2.24. The molecule has 5 nitrogen and oxygen atoms in total. The van der Waals surface area contributed by atoms with Gasteiger partial charge in [0.15, 0.2) is 0 Å². The predicted molar refractivity (Wildman–Crippen MR) is 103 cm³/mol. The molecule has 0 bridgehead atoms. The van der Waals surface area contributed by atoms with Crippen molar-refractivity contribution in [1.82, 2.24) is 9.99 Å². The third-order valence-electron chi connectivity index (χ3n) is 4.72. The van der Waals surface area contributed by atoms with Crippen LogP contribution >= 0.6 is 0 Å². The standard InChI is InChI=1S/C22H19N3O2/c26-15-18-9-4-5-11-19(18)21-13-20(17-10-6-12-23-14-17)24-25(21)22(27)16-7-2-1-3-8-16/h1-12,14,21,26H,13,15H2. The molecule has 27 heavy (non-hydrogen) atoms. The van der Waals surface area contributed by atoms with Crippen molar-refractivity contribution in [2.75, 3.05) is 0 Å². The molecule has 1 aliphatic heterocycles. The van der Waals surface area contributed by atoms with Gasteiger partial charge in [-0.25, -0.2) is 5.01 Å². The maximum absolute atomic E-state index is 13.1. The number of benzene rings is 2. The largest absolute Gasteiger partial charge is 0.392 e. The second-order valence-corrected chi connectivity index (χ2v) is 6.38. The van der Waals surface area contributed by atoms with Gasteiger partial charge in [-0.05, 0) is 29.3 Å². The molecule has 2 heterocycles. The number of carbonyl (C=O) groups excluding carboxylic acids is 1. The summed E-state index contributed by atoms with van der Waals surface area (Å²) in [6, 6.07) is 20.3. The van der Waals surface area contributed by atoms with Gasteiger partial charge in [-0.2, -0.15) is 5.10 Å². The number of carbonyl (C=O) groups is 1. The summed E-state index contributed by atoms with van der Waals surface area (Å²) in [5.41, 5.74) is 4.00. The Morgan fingerprint density at radius 1 is 1.04 bits per heavy atom. The molecule has 1 atom stereocenters. The minimum atomic E-state index is -0.267. The molecule has 1 aromatic heterocycles. The Morgan fingerprint density at radius 2 is 1.81 bits per heavy atom. The molecule has 0 saturated heterocycles. The monoisotopic (exact) mass is 357 g/mol. The van der Waals surface area contributed by atoms with Crippen LogP contribution in [-0.2, 0) is 6.61 Å². The van der Waals surface area contributed by atoms with Crippen LogP contribution in [0, 0.1) is 0 Å². The Labute approximate surface area is 157 Å². The number of amides is 1. The first-order chi connectivity index (χ1) is 13.3. The normalized spacial score (nSPS) is 16.3. The lowest BCUT2D eigenvalue weighted by Crippen LogP contribution is -2.27. The number of hydrazone groups is 1. The molecule has 5 heteroatoms. The number of aliphatic hydroxyl groups is 1. The average Bonchev–Trinajstić information content (AvgIpc) is 3.19. The number of aliphatic hydroxyl groups excluding tert-OH is 1. The Morgan fingerprint density at radius 3 is 2.56 bits per heavy atom. The minimum Gasteiger partial charge on any atom is -0.392 e. The van der Waals surface area contributed by atoms with Gasteiger partial charge in [0, 0.05) is 29.9 Å². The lowest BCUT2D eigenvalue weighted by molar-refractivity contribution is 0.0709. The van der Waals surface area contributed by atoms with Crippen LogP contribution in [0.5, 0.6) is 0 Å². The van der Waals surface area contributed by atoms with Gasteiger partial charge in [-0.3, -0.25) is 9.78 Å². The van der Waals surface area contributed by atoms with Gasteiger partial charge in [0.05, 0.1) is 18.4 Å². The second kappa shape index (κ2) is 7.51. The predicted octanol–water partition coefficient (Wildman–Crippen LogP) is 3.57. The summed E-state index contributed by atoms with van der Waals surface area (Å²) in [5.74, 6) is -0.160. The van der Waals surface area contributed by atoms with E-state index in [9.17, 15) is 9.90 Å².